The highest BCUT2D eigenvalue weighted by atomic mass is 19.3. The van der Waals surface area contributed by atoms with Crippen molar-refractivity contribution in [1.29, 1.82) is 0 Å². The second kappa shape index (κ2) is 9.72. The number of ether oxygens (including phenoxy) is 1. The van der Waals surface area contributed by atoms with Gasteiger partial charge in [-0.3, -0.25) is 14.5 Å². The molecule has 1 amide bonds. The van der Waals surface area contributed by atoms with E-state index in [1.807, 2.05) is 19.1 Å². The fourth-order valence-corrected chi connectivity index (χ4v) is 4.00. The lowest BCUT2D eigenvalue weighted by Gasteiger charge is -2.10. The Labute approximate surface area is 204 Å². The average molecular weight is 498 g/mol. The van der Waals surface area contributed by atoms with Crippen molar-refractivity contribution in [2.24, 2.45) is 0 Å². The highest BCUT2D eigenvalue weighted by Gasteiger charge is 2.42. The van der Waals surface area contributed by atoms with Crippen molar-refractivity contribution in [1.82, 2.24) is 24.8 Å². The summed E-state index contributed by atoms with van der Waals surface area (Å²) in [6, 6.07) is 8.20. The van der Waals surface area contributed by atoms with Crippen molar-refractivity contribution in [2.75, 3.05) is 25.1 Å². The number of aliphatic hydroxyl groups is 1. The molecule has 3 aromatic heterocycles. The summed E-state index contributed by atoms with van der Waals surface area (Å²) in [6.45, 7) is 1.93. The number of aromatic nitrogens is 4. The van der Waals surface area contributed by atoms with Crippen LogP contribution in [0.1, 0.15) is 40.0 Å². The molecule has 10 nitrogen and oxygen atoms in total. The van der Waals surface area contributed by atoms with Crippen molar-refractivity contribution in [3.05, 3.63) is 65.4 Å². The molecular formula is C24H24F2N6O4. The number of fused-ring (bicyclic) bond motifs is 1. The topological polar surface area (TPSA) is 127 Å². The summed E-state index contributed by atoms with van der Waals surface area (Å²) in [5.41, 5.74) is 3.71. The summed E-state index contributed by atoms with van der Waals surface area (Å²) in [5.74, 6) is -2.84. The van der Waals surface area contributed by atoms with Crippen molar-refractivity contribution in [3.63, 3.8) is 0 Å². The second-order valence-corrected chi connectivity index (χ2v) is 8.62. The Morgan fingerprint density at radius 2 is 2.22 bits per heavy atom. The van der Waals surface area contributed by atoms with Gasteiger partial charge in [0.15, 0.2) is 0 Å². The van der Waals surface area contributed by atoms with Crippen LogP contribution in [0.2, 0.25) is 0 Å². The van der Waals surface area contributed by atoms with Gasteiger partial charge in [0.2, 0.25) is 11.7 Å². The van der Waals surface area contributed by atoms with Gasteiger partial charge in [-0.15, -0.1) is 0 Å². The largest absolute Gasteiger partial charge is 0.394 e. The number of aliphatic hydroxyl groups excluding tert-OH is 1. The minimum Gasteiger partial charge on any atom is -0.394 e. The van der Waals surface area contributed by atoms with E-state index < -0.39 is 24.9 Å². The number of amides is 1. The average Bonchev–Trinajstić information content (AvgIpc) is 3.58. The van der Waals surface area contributed by atoms with Gasteiger partial charge in [-0.1, -0.05) is 17.3 Å². The molecule has 188 valence electrons. The maximum atomic E-state index is 13.5. The Morgan fingerprint density at radius 1 is 1.36 bits per heavy atom. The third-order valence-corrected chi connectivity index (χ3v) is 5.91. The third kappa shape index (κ3) is 4.96. The van der Waals surface area contributed by atoms with Crippen LogP contribution in [-0.4, -0.2) is 56.2 Å². The van der Waals surface area contributed by atoms with E-state index in [1.54, 1.807) is 28.8 Å². The lowest BCUT2D eigenvalue weighted by atomic mass is 10.1. The second-order valence-electron chi connectivity index (χ2n) is 8.62. The van der Waals surface area contributed by atoms with Crippen molar-refractivity contribution in [2.45, 2.75) is 31.9 Å². The number of hydrogen-bond donors (Lipinski definition) is 3. The van der Waals surface area contributed by atoms with E-state index in [2.05, 4.69) is 25.8 Å². The molecule has 0 radical (unpaired) electrons. The molecule has 1 aliphatic heterocycles. The zero-order chi connectivity index (χ0) is 25.3. The maximum Gasteiger partial charge on any atom is 0.274 e. The van der Waals surface area contributed by atoms with Gasteiger partial charge < -0.3 is 19.7 Å². The first-order chi connectivity index (χ1) is 17.3. The molecule has 1 fully saturated rings. The number of nitrogens with one attached hydrogen (secondary N) is 2. The Morgan fingerprint density at radius 3 is 3.00 bits per heavy atom. The van der Waals surface area contributed by atoms with Crippen LogP contribution >= 0.6 is 0 Å². The van der Waals surface area contributed by atoms with Gasteiger partial charge in [0.1, 0.15) is 11.3 Å². The van der Waals surface area contributed by atoms with Gasteiger partial charge in [-0.25, -0.2) is 13.8 Å². The lowest BCUT2D eigenvalue weighted by molar-refractivity contribution is 0.0200. The Kier molecular flexibility index (Phi) is 6.48. The third-order valence-electron chi connectivity index (χ3n) is 5.91. The van der Waals surface area contributed by atoms with Crippen LogP contribution in [0.15, 0.2) is 47.2 Å². The van der Waals surface area contributed by atoms with E-state index in [1.165, 1.54) is 6.20 Å². The highest BCUT2D eigenvalue weighted by Crippen LogP contribution is 2.34. The summed E-state index contributed by atoms with van der Waals surface area (Å²) >= 11 is 0. The lowest BCUT2D eigenvalue weighted by Crippen LogP contribution is -2.19. The Bertz CT molecular complexity index is 1400. The Hall–Kier alpha value is -3.74. The molecule has 0 spiro atoms. The smallest absolute Gasteiger partial charge is 0.274 e. The van der Waals surface area contributed by atoms with Crippen LogP contribution in [-0.2, 0) is 11.3 Å². The number of carbonyl (C=O) groups excluding carboxylic acids is 1. The summed E-state index contributed by atoms with van der Waals surface area (Å²) in [4.78, 5) is 21.7. The zero-order valence-corrected chi connectivity index (χ0v) is 19.4. The van der Waals surface area contributed by atoms with E-state index in [-0.39, 0.29) is 30.8 Å². The van der Waals surface area contributed by atoms with Gasteiger partial charge in [-0.2, -0.15) is 4.98 Å². The number of alkyl halides is 2. The molecule has 4 heterocycles. The first kappa shape index (κ1) is 24.0. The molecule has 0 aliphatic carbocycles. The van der Waals surface area contributed by atoms with Crippen LogP contribution in [0.5, 0.6) is 0 Å². The number of imidazole rings is 1. The summed E-state index contributed by atoms with van der Waals surface area (Å²) in [7, 11) is 0. The Balaban J connectivity index is 1.33. The van der Waals surface area contributed by atoms with Gasteiger partial charge in [0.25, 0.3) is 11.8 Å². The quantitative estimate of drug-likeness (QED) is 0.316. The molecule has 1 atom stereocenters. The molecule has 5 rings (SSSR count). The minimum atomic E-state index is -2.81. The fourth-order valence-electron chi connectivity index (χ4n) is 4.00. The fraction of sp³-hybridized carbons (Fsp3) is 0.333. The number of rotatable bonds is 8. The molecule has 0 unspecified atom stereocenters. The molecule has 12 heteroatoms. The van der Waals surface area contributed by atoms with E-state index in [9.17, 15) is 13.6 Å². The zero-order valence-electron chi connectivity index (χ0n) is 19.4. The summed E-state index contributed by atoms with van der Waals surface area (Å²) in [6.07, 6.45) is 2.82. The molecule has 3 N–H and O–H groups in total. The van der Waals surface area contributed by atoms with Crippen LogP contribution < -0.4 is 10.6 Å². The van der Waals surface area contributed by atoms with Gasteiger partial charge in [0.05, 0.1) is 38.6 Å². The van der Waals surface area contributed by atoms with E-state index in [4.69, 9.17) is 14.4 Å². The number of hydrogen-bond acceptors (Lipinski definition) is 8. The molecule has 0 saturated carbocycles. The maximum absolute atomic E-state index is 13.5. The minimum absolute atomic E-state index is 0.0545. The van der Waals surface area contributed by atoms with E-state index in [0.29, 0.717) is 29.2 Å². The number of pyridine rings is 1. The molecule has 36 heavy (non-hydrogen) atoms. The molecule has 4 aromatic rings. The van der Waals surface area contributed by atoms with Crippen molar-refractivity contribution < 1.29 is 27.9 Å². The number of benzene rings is 1. The SMILES string of the molecule is Cc1ccc(-c2noc([C@@H]3CC(F)(F)CN3)n2)cc1NC(=O)c1cnc2cc(COCCO)ccn12. The van der Waals surface area contributed by atoms with Crippen LogP contribution in [0.25, 0.3) is 17.0 Å². The number of halogens is 2. The predicted molar refractivity (Wildman–Crippen MR) is 125 cm³/mol. The van der Waals surface area contributed by atoms with E-state index in [0.717, 1.165) is 11.1 Å². The summed E-state index contributed by atoms with van der Waals surface area (Å²) in [5, 5.41) is 18.4. The van der Waals surface area contributed by atoms with Crippen molar-refractivity contribution >= 4 is 17.2 Å². The van der Waals surface area contributed by atoms with Gasteiger partial charge >= 0.3 is 0 Å². The van der Waals surface area contributed by atoms with Gasteiger partial charge in [-0.05, 0) is 36.2 Å². The molecule has 1 aromatic carbocycles. The monoisotopic (exact) mass is 498 g/mol. The first-order valence-corrected chi connectivity index (χ1v) is 11.3. The van der Waals surface area contributed by atoms with Gasteiger partial charge in [0, 0.05) is 23.9 Å². The molecule has 0 bridgehead atoms. The summed E-state index contributed by atoms with van der Waals surface area (Å²) < 4.78 is 39.2. The van der Waals surface area contributed by atoms with E-state index >= 15 is 0 Å². The predicted octanol–water partition coefficient (Wildman–Crippen LogP) is 3.12. The van der Waals surface area contributed by atoms with Crippen molar-refractivity contribution in [3.8, 4) is 11.4 Å². The number of aryl methyl sites for hydroxylation is 1. The standard InChI is InChI=1S/C24H24F2N6O4/c1-14-2-3-16(21-30-23(36-31-21)18-10-24(25,26)13-28-18)9-17(14)29-22(34)19-11-27-20-8-15(4-5-32(19)20)12-35-7-6-33/h2-5,8-9,11,18,28,33H,6-7,10,12-13H2,1H3,(H,29,34)/t18-/m0/s1. The normalized spacial score (nSPS) is 17.1. The van der Waals surface area contributed by atoms with Crippen LogP contribution in [0, 0.1) is 6.92 Å². The van der Waals surface area contributed by atoms with Crippen LogP contribution in [0.3, 0.4) is 0 Å². The highest BCUT2D eigenvalue weighted by molar-refractivity contribution is 6.04. The molecular weight excluding hydrogens is 474 g/mol. The number of anilines is 1. The number of carbonyl (C=O) groups is 1. The van der Waals surface area contributed by atoms with Crippen LogP contribution in [0.4, 0.5) is 14.5 Å². The molecule has 1 saturated heterocycles. The first-order valence-electron chi connectivity index (χ1n) is 11.3. The molecule has 1 aliphatic rings. The number of nitrogens with zero attached hydrogens (tertiary/aromatic N) is 4.